The van der Waals surface area contributed by atoms with Crippen molar-refractivity contribution in [3.05, 3.63) is 179 Å². The zero-order valence-corrected chi connectivity index (χ0v) is 39.0. The van der Waals surface area contributed by atoms with Crippen LogP contribution in [0.2, 0.25) is 0 Å². The third kappa shape index (κ3) is 13.7. The average molecular weight is 945 g/mol. The highest BCUT2D eigenvalue weighted by atomic mass is 35.5. The van der Waals surface area contributed by atoms with Gasteiger partial charge in [0, 0.05) is 107 Å². The molecule has 0 amide bonds. The largest absolute Gasteiger partial charge is 0.378 e. The number of halogens is 5. The quantitative estimate of drug-likeness (QED) is 0.115. The van der Waals surface area contributed by atoms with Gasteiger partial charge in [0.1, 0.15) is 17.5 Å². The van der Waals surface area contributed by atoms with Gasteiger partial charge in [-0.2, -0.15) is 0 Å². The number of piperazine rings is 2. The summed E-state index contributed by atoms with van der Waals surface area (Å²) >= 11 is 11.9. The molecule has 11 rings (SSSR count). The van der Waals surface area contributed by atoms with Gasteiger partial charge in [-0.05, 0) is 64.2 Å². The molecule has 352 valence electrons. The van der Waals surface area contributed by atoms with E-state index in [-0.39, 0.29) is 29.5 Å². The van der Waals surface area contributed by atoms with Crippen molar-refractivity contribution in [1.82, 2.24) is 24.5 Å². The molecule has 6 aliphatic rings. The van der Waals surface area contributed by atoms with Crippen LogP contribution < -0.4 is 0 Å². The normalized spacial score (nSPS) is 25.0. The summed E-state index contributed by atoms with van der Waals surface area (Å²) in [6.45, 7) is 12.9. The van der Waals surface area contributed by atoms with E-state index < -0.39 is 0 Å². The molecule has 0 aliphatic carbocycles. The van der Waals surface area contributed by atoms with Crippen LogP contribution in [0.25, 0.3) is 0 Å². The van der Waals surface area contributed by atoms with Gasteiger partial charge in [0.15, 0.2) is 0 Å². The molecule has 5 aromatic rings. The molecule has 6 aliphatic heterocycles. The van der Waals surface area contributed by atoms with Crippen molar-refractivity contribution in [2.24, 2.45) is 0 Å². The van der Waals surface area contributed by atoms with Gasteiger partial charge in [0.25, 0.3) is 0 Å². The van der Waals surface area contributed by atoms with Gasteiger partial charge >= 0.3 is 0 Å². The number of rotatable bonds is 12. The molecule has 0 saturated carbocycles. The Labute approximate surface area is 398 Å². The molecule has 0 spiro atoms. The summed E-state index contributed by atoms with van der Waals surface area (Å²) < 4.78 is 56.3. The van der Waals surface area contributed by atoms with Gasteiger partial charge < -0.3 is 14.2 Å². The molecule has 0 radical (unpaired) electrons. The Morgan fingerprint density at radius 1 is 0.379 bits per heavy atom. The van der Waals surface area contributed by atoms with Gasteiger partial charge in [-0.1, -0.05) is 97.1 Å². The summed E-state index contributed by atoms with van der Waals surface area (Å²) in [5.74, 6) is 0.454. The SMILES string of the molecule is Fc1ccc(CN2C(CCl)COCC2CCl)cc1.Fc1ccc(CN2C3COCC2CN(Cc2ccccc2)C3)cc1.Fc1ccc(CN2CC3COCC2CN3Cc2ccccc2)cc1. The number of alkyl halides is 2. The molecule has 4 bridgehead atoms. The van der Waals surface area contributed by atoms with E-state index in [0.717, 1.165) is 90.9 Å². The maximum atomic E-state index is 13.1. The fourth-order valence-corrected chi connectivity index (χ4v) is 10.3. The predicted molar refractivity (Wildman–Crippen MR) is 256 cm³/mol. The number of hydrogen-bond donors (Lipinski definition) is 0. The number of hydrogen-bond acceptors (Lipinski definition) is 8. The van der Waals surface area contributed by atoms with E-state index in [2.05, 4.69) is 85.2 Å². The summed E-state index contributed by atoms with van der Waals surface area (Å²) in [7, 11) is 0. The molecular weight excluding hydrogens is 883 g/mol. The smallest absolute Gasteiger partial charge is 0.123 e. The summed E-state index contributed by atoms with van der Waals surface area (Å²) in [6, 6.07) is 43.5. The maximum absolute atomic E-state index is 13.1. The van der Waals surface area contributed by atoms with Crippen LogP contribution in [0.15, 0.2) is 133 Å². The summed E-state index contributed by atoms with van der Waals surface area (Å²) in [6.07, 6.45) is 0. The van der Waals surface area contributed by atoms with Gasteiger partial charge in [0.2, 0.25) is 0 Å². The molecule has 13 heteroatoms. The minimum atomic E-state index is -0.219. The lowest BCUT2D eigenvalue weighted by Gasteiger charge is -2.50. The highest BCUT2D eigenvalue weighted by Crippen LogP contribution is 2.27. The Morgan fingerprint density at radius 2 is 0.727 bits per heavy atom. The van der Waals surface area contributed by atoms with Crippen molar-refractivity contribution in [1.29, 1.82) is 0 Å². The van der Waals surface area contributed by atoms with Gasteiger partial charge in [0.05, 0.1) is 39.6 Å². The highest BCUT2D eigenvalue weighted by Gasteiger charge is 2.39. The van der Waals surface area contributed by atoms with Crippen molar-refractivity contribution in [2.75, 3.05) is 77.6 Å². The van der Waals surface area contributed by atoms with Crippen molar-refractivity contribution >= 4 is 23.2 Å². The zero-order chi connectivity index (χ0) is 45.7. The summed E-state index contributed by atoms with van der Waals surface area (Å²) in [5.41, 5.74) is 6.12. The number of morpholine rings is 2. The number of benzene rings is 5. The van der Waals surface area contributed by atoms with Gasteiger partial charge in [-0.3, -0.25) is 24.5 Å². The van der Waals surface area contributed by atoms with Crippen LogP contribution in [-0.4, -0.2) is 138 Å². The number of nitrogens with zero attached hydrogens (tertiary/aromatic N) is 5. The van der Waals surface area contributed by atoms with E-state index in [0.29, 0.717) is 49.1 Å². The van der Waals surface area contributed by atoms with Crippen molar-refractivity contribution in [3.63, 3.8) is 0 Å². The fourth-order valence-electron chi connectivity index (χ4n) is 9.76. The van der Waals surface area contributed by atoms with Crippen molar-refractivity contribution < 1.29 is 27.4 Å². The molecule has 66 heavy (non-hydrogen) atoms. The second kappa shape index (κ2) is 24.4. The van der Waals surface area contributed by atoms with E-state index in [1.54, 1.807) is 36.4 Å². The molecule has 6 fully saturated rings. The van der Waals surface area contributed by atoms with Crippen molar-refractivity contribution in [3.8, 4) is 0 Å². The lowest BCUT2D eigenvalue weighted by atomic mass is 10.0. The van der Waals surface area contributed by atoms with Crippen LogP contribution in [-0.2, 0) is 46.9 Å². The first kappa shape index (κ1) is 48.6. The lowest BCUT2D eigenvalue weighted by Crippen LogP contribution is -2.63. The standard InChI is InChI=1S/2C20H23FN2O.C13H16Cl2FNO/c21-18-8-6-17(7-9-18)11-23-13-19-14-24-15-20(23)12-22(19)10-16-4-2-1-3-5-16;21-18-8-6-17(7-9-18)11-23-19-12-22(13-20(23)15-24-14-19)10-16-4-2-1-3-5-16;14-5-12-8-18-9-13(6-15)17(12)7-10-1-3-11(16)4-2-10/h2*1-9,19-20H,10-15H2;1-4,12-13H,5-9H2. The second-order valence-corrected chi connectivity index (χ2v) is 18.7. The Morgan fingerprint density at radius 3 is 1.15 bits per heavy atom. The fraction of sp³-hybridized carbons (Fsp3) is 0.434. The van der Waals surface area contributed by atoms with Gasteiger partial charge in [-0.25, -0.2) is 13.2 Å². The molecule has 6 saturated heterocycles. The minimum Gasteiger partial charge on any atom is -0.378 e. The molecule has 0 N–H and O–H groups in total. The second-order valence-electron chi connectivity index (χ2n) is 18.1. The van der Waals surface area contributed by atoms with Crippen molar-refractivity contribution in [2.45, 2.75) is 69.0 Å². The Bertz CT molecular complexity index is 2160. The molecule has 0 aromatic heterocycles. The summed E-state index contributed by atoms with van der Waals surface area (Å²) in [5, 5.41) is 0. The molecule has 8 nitrogen and oxygen atoms in total. The molecule has 5 aromatic carbocycles. The van der Waals surface area contributed by atoms with E-state index in [4.69, 9.17) is 37.4 Å². The first-order valence-electron chi connectivity index (χ1n) is 23.2. The third-order valence-corrected chi connectivity index (χ3v) is 14.0. The van der Waals surface area contributed by atoms with E-state index in [1.807, 2.05) is 24.3 Å². The first-order chi connectivity index (χ1) is 32.3. The first-order valence-corrected chi connectivity index (χ1v) is 24.3. The monoisotopic (exact) mass is 943 g/mol. The van der Waals surface area contributed by atoms with Crippen LogP contribution in [0.1, 0.15) is 27.8 Å². The maximum Gasteiger partial charge on any atom is 0.123 e. The third-order valence-electron chi connectivity index (χ3n) is 13.3. The Hall–Kier alpha value is -3.85. The Kier molecular flexibility index (Phi) is 18.0. The van der Waals surface area contributed by atoms with E-state index in [9.17, 15) is 13.2 Å². The van der Waals surface area contributed by atoms with Crippen LogP contribution in [0, 0.1) is 17.5 Å². The van der Waals surface area contributed by atoms with Crippen LogP contribution >= 0.6 is 23.2 Å². The highest BCUT2D eigenvalue weighted by molar-refractivity contribution is 6.18. The van der Waals surface area contributed by atoms with Gasteiger partial charge in [-0.15, -0.1) is 23.2 Å². The number of fused-ring (bicyclic) bond motifs is 6. The van der Waals surface area contributed by atoms with Crippen LogP contribution in [0.5, 0.6) is 0 Å². The molecule has 6 unspecified atom stereocenters. The lowest BCUT2D eigenvalue weighted by molar-refractivity contribution is -0.103. The molecule has 6 atom stereocenters. The van der Waals surface area contributed by atoms with E-state index >= 15 is 0 Å². The molecular formula is C53H62Cl2F3N5O3. The molecule has 6 heterocycles. The number of ether oxygens (including phenoxy) is 3. The van der Waals surface area contributed by atoms with E-state index in [1.165, 1.54) is 34.4 Å². The van der Waals surface area contributed by atoms with Crippen LogP contribution in [0.4, 0.5) is 13.2 Å². The predicted octanol–water partition coefficient (Wildman–Crippen LogP) is 8.69. The average Bonchev–Trinajstić information content (AvgIpc) is 3.66. The van der Waals surface area contributed by atoms with Crippen LogP contribution in [0.3, 0.4) is 0 Å². The zero-order valence-electron chi connectivity index (χ0n) is 37.5. The summed E-state index contributed by atoms with van der Waals surface area (Å²) in [4.78, 5) is 12.4. The Balaban J connectivity index is 0.000000136. The topological polar surface area (TPSA) is 43.9 Å². The minimum absolute atomic E-state index is 0.161.